The van der Waals surface area contributed by atoms with E-state index in [1.165, 1.54) is 6.20 Å². The van der Waals surface area contributed by atoms with Gasteiger partial charge in [-0.2, -0.15) is 0 Å². The molecule has 2 rings (SSSR count). The van der Waals surface area contributed by atoms with Crippen molar-refractivity contribution in [3.63, 3.8) is 0 Å². The Kier molecular flexibility index (Phi) is 5.72. The molecule has 0 atom stereocenters. The molecule has 0 aliphatic heterocycles. The van der Waals surface area contributed by atoms with Crippen LogP contribution in [-0.2, 0) is 11.2 Å². The molecule has 0 saturated carbocycles. The molecule has 2 aromatic rings. The first-order valence-corrected chi connectivity index (χ1v) is 8.35. The van der Waals surface area contributed by atoms with Crippen LogP contribution in [0, 0.1) is 0 Å². The summed E-state index contributed by atoms with van der Waals surface area (Å²) in [4.78, 5) is 28.3. The second-order valence-electron chi connectivity index (χ2n) is 6.49. The van der Waals surface area contributed by atoms with Crippen LogP contribution in [0.4, 0.5) is 5.69 Å². The van der Waals surface area contributed by atoms with Crippen molar-refractivity contribution >= 4 is 33.4 Å². The monoisotopic (exact) mass is 389 g/mol. The zero-order valence-corrected chi connectivity index (χ0v) is 15.5. The highest BCUT2D eigenvalue weighted by atomic mass is 79.9. The topological polar surface area (TPSA) is 71.1 Å². The van der Waals surface area contributed by atoms with Crippen molar-refractivity contribution in [3.8, 4) is 0 Å². The van der Waals surface area contributed by atoms with Gasteiger partial charge in [-0.3, -0.25) is 14.6 Å². The number of rotatable bonds is 4. The second-order valence-corrected chi connectivity index (χ2v) is 7.40. The summed E-state index contributed by atoms with van der Waals surface area (Å²) in [5.74, 6) is -0.424. The normalized spacial score (nSPS) is 11.0. The van der Waals surface area contributed by atoms with Crippen LogP contribution in [0.1, 0.15) is 36.8 Å². The van der Waals surface area contributed by atoms with Crippen molar-refractivity contribution < 1.29 is 9.59 Å². The van der Waals surface area contributed by atoms with E-state index in [1.54, 1.807) is 12.1 Å². The molecule has 2 N–H and O–H groups in total. The quantitative estimate of drug-likeness (QED) is 0.839. The van der Waals surface area contributed by atoms with Crippen molar-refractivity contribution in [1.29, 1.82) is 0 Å². The lowest BCUT2D eigenvalue weighted by Crippen LogP contribution is -2.40. The number of aromatic nitrogens is 1. The highest BCUT2D eigenvalue weighted by Crippen LogP contribution is 2.14. The Morgan fingerprint density at radius 1 is 1.17 bits per heavy atom. The van der Waals surface area contributed by atoms with Crippen molar-refractivity contribution in [1.82, 2.24) is 10.3 Å². The van der Waals surface area contributed by atoms with E-state index in [0.717, 1.165) is 10.0 Å². The summed E-state index contributed by atoms with van der Waals surface area (Å²) in [7, 11) is 0. The Balaban J connectivity index is 2.03. The SMILES string of the molecule is CC(C)(C)NC(=O)c1cc(NC(=O)Cc2cccc(Br)c2)ccn1. The number of nitrogens with zero attached hydrogens (tertiary/aromatic N) is 1. The van der Waals surface area contributed by atoms with E-state index in [1.807, 2.05) is 45.0 Å². The maximum Gasteiger partial charge on any atom is 0.270 e. The third-order valence-corrected chi connectivity index (χ3v) is 3.51. The molecule has 0 aliphatic carbocycles. The number of pyridine rings is 1. The standard InChI is InChI=1S/C18H20BrN3O2/c1-18(2,3)22-17(24)15-11-14(7-8-20-15)21-16(23)10-12-5-4-6-13(19)9-12/h4-9,11H,10H2,1-3H3,(H,22,24)(H,20,21,23). The number of benzene rings is 1. The average Bonchev–Trinajstić information content (AvgIpc) is 2.45. The fraction of sp³-hybridized carbons (Fsp3) is 0.278. The van der Waals surface area contributed by atoms with Gasteiger partial charge in [0.15, 0.2) is 0 Å². The van der Waals surface area contributed by atoms with Crippen LogP contribution in [0.3, 0.4) is 0 Å². The largest absolute Gasteiger partial charge is 0.346 e. The van der Waals surface area contributed by atoms with Gasteiger partial charge in [-0.15, -0.1) is 0 Å². The van der Waals surface area contributed by atoms with Crippen LogP contribution >= 0.6 is 15.9 Å². The summed E-state index contributed by atoms with van der Waals surface area (Å²) in [6.07, 6.45) is 1.76. The maximum atomic E-state index is 12.2. The molecule has 0 spiro atoms. The van der Waals surface area contributed by atoms with Crippen molar-refractivity contribution in [3.05, 3.63) is 58.3 Å². The van der Waals surface area contributed by atoms with Gasteiger partial charge < -0.3 is 10.6 Å². The van der Waals surface area contributed by atoms with Gasteiger partial charge in [0, 0.05) is 21.9 Å². The molecule has 1 heterocycles. The predicted molar refractivity (Wildman–Crippen MR) is 97.9 cm³/mol. The van der Waals surface area contributed by atoms with E-state index in [9.17, 15) is 9.59 Å². The summed E-state index contributed by atoms with van der Waals surface area (Å²) in [6.45, 7) is 5.69. The summed E-state index contributed by atoms with van der Waals surface area (Å²) < 4.78 is 0.929. The molecule has 5 nitrogen and oxygen atoms in total. The van der Waals surface area contributed by atoms with Crippen LogP contribution in [0.5, 0.6) is 0 Å². The molecule has 6 heteroatoms. The fourth-order valence-corrected chi connectivity index (χ4v) is 2.52. The van der Waals surface area contributed by atoms with Gasteiger partial charge in [0.05, 0.1) is 6.42 Å². The molecule has 0 fully saturated rings. The van der Waals surface area contributed by atoms with Crippen LogP contribution in [0.15, 0.2) is 47.1 Å². The lowest BCUT2D eigenvalue weighted by Gasteiger charge is -2.20. The van der Waals surface area contributed by atoms with Gasteiger partial charge in [-0.1, -0.05) is 28.1 Å². The van der Waals surface area contributed by atoms with Gasteiger partial charge in [-0.25, -0.2) is 0 Å². The minimum Gasteiger partial charge on any atom is -0.346 e. The third kappa shape index (κ3) is 5.77. The minimum atomic E-state index is -0.349. The highest BCUT2D eigenvalue weighted by Gasteiger charge is 2.16. The number of nitrogens with one attached hydrogen (secondary N) is 2. The molecule has 2 amide bonds. The van der Waals surface area contributed by atoms with Crippen LogP contribution in [-0.4, -0.2) is 22.3 Å². The van der Waals surface area contributed by atoms with Crippen LogP contribution < -0.4 is 10.6 Å². The number of hydrogen-bond acceptors (Lipinski definition) is 3. The minimum absolute atomic E-state index is 0.151. The van der Waals surface area contributed by atoms with Gasteiger partial charge in [-0.05, 0) is 50.6 Å². The van der Waals surface area contributed by atoms with E-state index < -0.39 is 0 Å². The van der Waals surface area contributed by atoms with Crippen molar-refractivity contribution in [2.24, 2.45) is 0 Å². The molecule has 0 aliphatic rings. The molecule has 0 radical (unpaired) electrons. The van der Waals surface area contributed by atoms with Gasteiger partial charge in [0.2, 0.25) is 5.91 Å². The van der Waals surface area contributed by atoms with Crippen molar-refractivity contribution in [2.75, 3.05) is 5.32 Å². The van der Waals surface area contributed by atoms with Crippen LogP contribution in [0.2, 0.25) is 0 Å². The van der Waals surface area contributed by atoms with Gasteiger partial charge >= 0.3 is 0 Å². The van der Waals surface area contributed by atoms with Gasteiger partial charge in [0.25, 0.3) is 5.91 Å². The Morgan fingerprint density at radius 2 is 1.92 bits per heavy atom. The maximum absolute atomic E-state index is 12.2. The van der Waals surface area contributed by atoms with Crippen molar-refractivity contribution in [2.45, 2.75) is 32.7 Å². The number of carbonyl (C=O) groups excluding carboxylic acids is 2. The number of carbonyl (C=O) groups is 2. The first-order chi connectivity index (χ1) is 11.2. The van der Waals surface area contributed by atoms with E-state index in [4.69, 9.17) is 0 Å². The predicted octanol–water partition coefficient (Wildman–Crippen LogP) is 3.55. The Morgan fingerprint density at radius 3 is 2.58 bits per heavy atom. The van der Waals surface area contributed by atoms with E-state index in [-0.39, 0.29) is 29.5 Å². The second kappa shape index (κ2) is 7.57. The number of anilines is 1. The molecule has 0 unspecified atom stereocenters. The molecule has 0 bridgehead atoms. The lowest BCUT2D eigenvalue weighted by molar-refractivity contribution is -0.115. The summed E-state index contributed by atoms with van der Waals surface area (Å²) in [5, 5.41) is 5.64. The highest BCUT2D eigenvalue weighted by molar-refractivity contribution is 9.10. The average molecular weight is 390 g/mol. The summed E-state index contributed by atoms with van der Waals surface area (Å²) in [6, 6.07) is 10.8. The zero-order chi connectivity index (χ0) is 17.7. The smallest absolute Gasteiger partial charge is 0.270 e. The summed E-state index contributed by atoms with van der Waals surface area (Å²) in [5.41, 5.74) is 1.37. The first kappa shape index (κ1) is 18.1. The molecule has 24 heavy (non-hydrogen) atoms. The first-order valence-electron chi connectivity index (χ1n) is 7.56. The van der Waals surface area contributed by atoms with E-state index in [0.29, 0.717) is 5.69 Å². The molecule has 0 saturated heterocycles. The summed E-state index contributed by atoms with van der Waals surface area (Å²) >= 11 is 3.38. The Bertz CT molecular complexity index is 754. The number of halogens is 1. The Hall–Kier alpha value is -2.21. The number of hydrogen-bond donors (Lipinski definition) is 2. The molecular formula is C18H20BrN3O2. The van der Waals surface area contributed by atoms with Gasteiger partial charge in [0.1, 0.15) is 5.69 Å². The fourth-order valence-electron chi connectivity index (χ4n) is 2.07. The lowest BCUT2D eigenvalue weighted by atomic mass is 10.1. The molecular weight excluding hydrogens is 370 g/mol. The van der Waals surface area contributed by atoms with Crippen LogP contribution in [0.25, 0.3) is 0 Å². The van der Waals surface area contributed by atoms with E-state index in [2.05, 4.69) is 31.5 Å². The third-order valence-electron chi connectivity index (χ3n) is 3.02. The zero-order valence-electron chi connectivity index (χ0n) is 13.9. The Labute approximate surface area is 150 Å². The molecule has 126 valence electrons. The van der Waals surface area contributed by atoms with E-state index >= 15 is 0 Å². The molecule has 1 aromatic heterocycles. The molecule has 1 aromatic carbocycles. The number of amides is 2.